The highest BCUT2D eigenvalue weighted by atomic mass is 16.5. The monoisotopic (exact) mass is 341 g/mol. The lowest BCUT2D eigenvalue weighted by Crippen LogP contribution is -2.45. The molecule has 2 rings (SSSR count). The number of amides is 1. The van der Waals surface area contributed by atoms with E-state index in [1.54, 1.807) is 6.92 Å². The Hall–Kier alpha value is -2.37. The maximum absolute atomic E-state index is 12.6. The minimum atomic E-state index is -1.11. The van der Waals surface area contributed by atoms with Crippen LogP contribution in [0.25, 0.3) is 0 Å². The average Bonchev–Trinajstić information content (AvgIpc) is 2.59. The molecule has 2 aromatic rings. The van der Waals surface area contributed by atoms with Crippen molar-refractivity contribution in [2.75, 3.05) is 32.6 Å². The normalized spacial score (nSPS) is 13.3. The van der Waals surface area contributed by atoms with Crippen LogP contribution in [0, 0.1) is 0 Å². The first-order valence-electron chi connectivity index (χ1n) is 8.43. The first kappa shape index (κ1) is 19.0. The smallest absolute Gasteiger partial charge is 0.248 e. The highest BCUT2D eigenvalue weighted by Gasteiger charge is 2.30. The van der Waals surface area contributed by atoms with Gasteiger partial charge in [-0.15, -0.1) is 0 Å². The van der Waals surface area contributed by atoms with Crippen molar-refractivity contribution >= 4 is 11.6 Å². The highest BCUT2D eigenvalue weighted by Crippen LogP contribution is 2.22. The standard InChI is InChI=1S/C20H27N3O2/c1-20(21,16-9-5-4-6-10-16)19(24)22-17-11-7-12-18(15-17)25-14-8-13-23(2)3/h4-7,9-12,15H,8,13-14,21H2,1-3H3,(H,22,24). The largest absolute Gasteiger partial charge is 0.493 e. The molecule has 5 nitrogen and oxygen atoms in total. The lowest BCUT2D eigenvalue weighted by atomic mass is 9.92. The van der Waals surface area contributed by atoms with Crippen molar-refractivity contribution < 1.29 is 9.53 Å². The molecule has 0 aliphatic carbocycles. The van der Waals surface area contributed by atoms with Crippen molar-refractivity contribution in [1.82, 2.24) is 4.90 Å². The van der Waals surface area contributed by atoms with Gasteiger partial charge in [0.15, 0.2) is 0 Å². The first-order valence-corrected chi connectivity index (χ1v) is 8.43. The van der Waals surface area contributed by atoms with Crippen molar-refractivity contribution in [3.05, 3.63) is 60.2 Å². The summed E-state index contributed by atoms with van der Waals surface area (Å²) in [6.07, 6.45) is 0.943. The summed E-state index contributed by atoms with van der Waals surface area (Å²) in [6.45, 7) is 3.31. The fourth-order valence-corrected chi connectivity index (χ4v) is 2.41. The van der Waals surface area contributed by atoms with Crippen molar-refractivity contribution in [3.8, 4) is 5.75 Å². The summed E-state index contributed by atoms with van der Waals surface area (Å²) in [5.74, 6) is 0.471. The van der Waals surface area contributed by atoms with Gasteiger partial charge >= 0.3 is 0 Å². The third kappa shape index (κ3) is 5.59. The number of hydrogen-bond acceptors (Lipinski definition) is 4. The van der Waals surface area contributed by atoms with E-state index >= 15 is 0 Å². The number of hydrogen-bond donors (Lipinski definition) is 2. The van der Waals surface area contributed by atoms with E-state index < -0.39 is 5.54 Å². The Morgan fingerprint density at radius 2 is 1.88 bits per heavy atom. The Labute approximate surface area is 149 Å². The number of nitrogens with two attached hydrogens (primary N) is 1. The molecule has 5 heteroatoms. The van der Waals surface area contributed by atoms with Crippen molar-refractivity contribution in [2.45, 2.75) is 18.9 Å². The Morgan fingerprint density at radius 1 is 1.16 bits per heavy atom. The summed E-state index contributed by atoms with van der Waals surface area (Å²) in [7, 11) is 4.07. The summed E-state index contributed by atoms with van der Waals surface area (Å²) in [6, 6.07) is 16.7. The number of nitrogens with zero attached hydrogens (tertiary/aromatic N) is 1. The molecule has 3 N–H and O–H groups in total. The molecule has 1 atom stereocenters. The molecule has 0 saturated carbocycles. The van der Waals surface area contributed by atoms with Crippen LogP contribution in [0.5, 0.6) is 5.75 Å². The second kappa shape index (κ2) is 8.65. The number of anilines is 1. The van der Waals surface area contributed by atoms with Crippen LogP contribution in [0.4, 0.5) is 5.69 Å². The summed E-state index contributed by atoms with van der Waals surface area (Å²) in [5.41, 5.74) is 6.58. The van der Waals surface area contributed by atoms with Gasteiger partial charge in [0.1, 0.15) is 11.3 Å². The summed E-state index contributed by atoms with van der Waals surface area (Å²) >= 11 is 0. The molecule has 25 heavy (non-hydrogen) atoms. The van der Waals surface area contributed by atoms with Crippen molar-refractivity contribution in [3.63, 3.8) is 0 Å². The number of benzene rings is 2. The van der Waals surface area contributed by atoms with Gasteiger partial charge in [-0.3, -0.25) is 4.79 Å². The molecule has 1 amide bonds. The van der Waals surface area contributed by atoms with Gasteiger partial charge in [-0.1, -0.05) is 36.4 Å². The maximum Gasteiger partial charge on any atom is 0.248 e. The molecular weight excluding hydrogens is 314 g/mol. The molecule has 0 spiro atoms. The summed E-state index contributed by atoms with van der Waals surface area (Å²) in [5, 5.41) is 2.88. The average molecular weight is 341 g/mol. The van der Waals surface area contributed by atoms with E-state index in [9.17, 15) is 4.79 Å². The highest BCUT2D eigenvalue weighted by molar-refractivity contribution is 5.98. The van der Waals surface area contributed by atoms with Crippen LogP contribution in [0.3, 0.4) is 0 Å². The molecule has 0 aliphatic heterocycles. The molecule has 0 saturated heterocycles. The Bertz CT molecular complexity index is 684. The summed E-state index contributed by atoms with van der Waals surface area (Å²) < 4.78 is 5.74. The van der Waals surface area contributed by atoms with E-state index in [0.717, 1.165) is 24.3 Å². The zero-order valence-electron chi connectivity index (χ0n) is 15.2. The lowest BCUT2D eigenvalue weighted by Gasteiger charge is -2.24. The fourth-order valence-electron chi connectivity index (χ4n) is 2.41. The number of ether oxygens (including phenoxy) is 1. The van der Waals surface area contributed by atoms with E-state index in [-0.39, 0.29) is 5.91 Å². The van der Waals surface area contributed by atoms with E-state index in [4.69, 9.17) is 10.5 Å². The number of nitrogens with one attached hydrogen (secondary N) is 1. The van der Waals surface area contributed by atoms with Crippen LogP contribution in [-0.4, -0.2) is 38.1 Å². The van der Waals surface area contributed by atoms with Crippen LogP contribution < -0.4 is 15.8 Å². The number of carbonyl (C=O) groups excluding carboxylic acids is 1. The van der Waals surface area contributed by atoms with Crippen LogP contribution >= 0.6 is 0 Å². The van der Waals surface area contributed by atoms with Gasteiger partial charge in [0, 0.05) is 18.3 Å². The maximum atomic E-state index is 12.6. The van der Waals surface area contributed by atoms with Gasteiger partial charge in [-0.05, 0) is 45.1 Å². The Balaban J connectivity index is 1.98. The molecule has 0 aliphatic rings. The van der Waals surface area contributed by atoms with Crippen LogP contribution in [0.1, 0.15) is 18.9 Å². The van der Waals surface area contributed by atoms with Crippen LogP contribution in [0.15, 0.2) is 54.6 Å². The van der Waals surface area contributed by atoms with E-state index in [1.807, 2.05) is 68.7 Å². The number of carbonyl (C=O) groups is 1. The molecule has 0 heterocycles. The van der Waals surface area contributed by atoms with Gasteiger partial charge in [0.2, 0.25) is 5.91 Å². The van der Waals surface area contributed by atoms with Gasteiger partial charge in [0.05, 0.1) is 6.61 Å². The molecule has 0 fully saturated rings. The van der Waals surface area contributed by atoms with Crippen molar-refractivity contribution in [1.29, 1.82) is 0 Å². The summed E-state index contributed by atoms with van der Waals surface area (Å²) in [4.78, 5) is 14.7. The van der Waals surface area contributed by atoms with Gasteiger partial charge in [0.25, 0.3) is 0 Å². The number of rotatable bonds is 8. The second-order valence-corrected chi connectivity index (χ2v) is 6.56. The first-order chi connectivity index (χ1) is 11.9. The predicted octanol–water partition coefficient (Wildman–Crippen LogP) is 2.83. The Morgan fingerprint density at radius 3 is 2.56 bits per heavy atom. The molecule has 0 aromatic heterocycles. The predicted molar refractivity (Wildman–Crippen MR) is 102 cm³/mol. The molecule has 0 bridgehead atoms. The second-order valence-electron chi connectivity index (χ2n) is 6.56. The quantitative estimate of drug-likeness (QED) is 0.725. The zero-order valence-corrected chi connectivity index (χ0v) is 15.2. The fraction of sp³-hybridized carbons (Fsp3) is 0.350. The van der Waals surface area contributed by atoms with E-state index in [0.29, 0.717) is 12.3 Å². The molecule has 134 valence electrons. The van der Waals surface area contributed by atoms with Crippen molar-refractivity contribution in [2.24, 2.45) is 5.73 Å². The minimum absolute atomic E-state index is 0.261. The zero-order chi connectivity index (χ0) is 18.3. The molecular formula is C20H27N3O2. The lowest BCUT2D eigenvalue weighted by molar-refractivity contribution is -0.120. The van der Waals surface area contributed by atoms with Gasteiger partial charge in [-0.2, -0.15) is 0 Å². The molecule has 2 aromatic carbocycles. The topological polar surface area (TPSA) is 67.6 Å². The molecule has 1 unspecified atom stereocenters. The Kier molecular flexibility index (Phi) is 6.56. The molecule has 0 radical (unpaired) electrons. The van der Waals surface area contributed by atoms with E-state index in [1.165, 1.54) is 0 Å². The SMILES string of the molecule is CN(C)CCCOc1cccc(NC(=O)C(C)(N)c2ccccc2)c1. The minimum Gasteiger partial charge on any atom is -0.493 e. The van der Waals surface area contributed by atoms with Gasteiger partial charge < -0.3 is 20.7 Å². The van der Waals surface area contributed by atoms with Crippen LogP contribution in [0.2, 0.25) is 0 Å². The van der Waals surface area contributed by atoms with E-state index in [2.05, 4.69) is 10.2 Å². The van der Waals surface area contributed by atoms with Gasteiger partial charge in [-0.25, -0.2) is 0 Å². The van der Waals surface area contributed by atoms with Crippen LogP contribution in [-0.2, 0) is 10.3 Å². The third-order valence-corrected chi connectivity index (χ3v) is 3.96. The third-order valence-electron chi connectivity index (χ3n) is 3.96.